The van der Waals surface area contributed by atoms with Crippen LogP contribution in [0, 0.1) is 0 Å². The Morgan fingerprint density at radius 3 is 2.41 bits per heavy atom. The Balaban J connectivity index is 2.66. The number of hydrogen-bond donors (Lipinski definition) is 2. The van der Waals surface area contributed by atoms with Crippen LogP contribution in [0.5, 0.6) is 0 Å². The summed E-state index contributed by atoms with van der Waals surface area (Å²) in [5.74, 6) is -6.66. The first-order valence-electron chi connectivity index (χ1n) is 6.64. The monoisotopic (exact) mass is 319 g/mol. The lowest BCUT2D eigenvalue weighted by Gasteiger charge is -2.49. The predicted molar refractivity (Wildman–Crippen MR) is 73.0 cm³/mol. The molecule has 0 spiro atoms. The van der Waals surface area contributed by atoms with Crippen molar-refractivity contribution in [2.45, 2.75) is 18.4 Å². The van der Waals surface area contributed by atoms with E-state index in [1.165, 1.54) is 4.90 Å². The van der Waals surface area contributed by atoms with E-state index in [2.05, 4.69) is 6.58 Å². The van der Waals surface area contributed by atoms with Crippen molar-refractivity contribution in [2.24, 2.45) is 0 Å². The van der Waals surface area contributed by atoms with Crippen molar-refractivity contribution >= 4 is 17.7 Å². The van der Waals surface area contributed by atoms with Crippen LogP contribution in [-0.4, -0.2) is 77.4 Å². The first kappa shape index (κ1) is 18.0. The molecule has 0 aromatic carbocycles. The van der Waals surface area contributed by atoms with Crippen molar-refractivity contribution in [1.29, 1.82) is 0 Å². The Kier molecular flexibility index (Phi) is 5.23. The lowest BCUT2D eigenvalue weighted by Crippen LogP contribution is -2.74. The van der Waals surface area contributed by atoms with Gasteiger partial charge in [-0.3, -0.25) is 14.4 Å². The fourth-order valence-electron chi connectivity index (χ4n) is 2.07. The molecule has 0 saturated carbocycles. The standard InChI is InChI=1S/C13H19F2N3O4/c1-4-9(19)17(5-2)6-10(20)18-7-12(22,8-18)13(14,15)11(21)16-3/h4,22H,1,5-8H2,2-3H3,(H,16,21). The van der Waals surface area contributed by atoms with Crippen molar-refractivity contribution in [3.8, 4) is 0 Å². The van der Waals surface area contributed by atoms with Crippen LogP contribution in [-0.2, 0) is 14.4 Å². The van der Waals surface area contributed by atoms with Gasteiger partial charge in [-0.05, 0) is 13.0 Å². The number of carbonyl (C=O) groups is 3. The van der Waals surface area contributed by atoms with E-state index in [9.17, 15) is 28.3 Å². The van der Waals surface area contributed by atoms with E-state index >= 15 is 0 Å². The molecule has 3 amide bonds. The van der Waals surface area contributed by atoms with Gasteiger partial charge >= 0.3 is 5.92 Å². The molecule has 0 radical (unpaired) electrons. The van der Waals surface area contributed by atoms with Crippen LogP contribution in [0.25, 0.3) is 0 Å². The van der Waals surface area contributed by atoms with E-state index in [0.29, 0.717) is 0 Å². The van der Waals surface area contributed by atoms with Gasteiger partial charge in [-0.2, -0.15) is 8.78 Å². The molecule has 0 aromatic rings. The predicted octanol–water partition coefficient (Wildman–Crippen LogP) is -1.02. The second-order valence-corrected chi connectivity index (χ2v) is 4.99. The van der Waals surface area contributed by atoms with Crippen LogP contribution < -0.4 is 5.32 Å². The van der Waals surface area contributed by atoms with Gasteiger partial charge in [-0.25, -0.2) is 0 Å². The summed E-state index contributed by atoms with van der Waals surface area (Å²) in [6.45, 7) is 3.56. The van der Waals surface area contributed by atoms with Crippen LogP contribution in [0.2, 0.25) is 0 Å². The van der Waals surface area contributed by atoms with Crippen molar-refractivity contribution in [1.82, 2.24) is 15.1 Å². The maximum Gasteiger partial charge on any atom is 0.355 e. The molecule has 0 aromatic heterocycles. The van der Waals surface area contributed by atoms with Gasteiger partial charge in [0.05, 0.1) is 19.6 Å². The minimum Gasteiger partial charge on any atom is -0.379 e. The number of aliphatic hydroxyl groups is 1. The zero-order valence-corrected chi connectivity index (χ0v) is 12.4. The Bertz CT molecular complexity index is 490. The Morgan fingerprint density at radius 1 is 1.45 bits per heavy atom. The van der Waals surface area contributed by atoms with E-state index in [0.717, 1.165) is 18.0 Å². The third-order valence-corrected chi connectivity index (χ3v) is 3.55. The molecule has 1 aliphatic heterocycles. The molecule has 9 heteroatoms. The maximum absolute atomic E-state index is 13.7. The normalized spacial score (nSPS) is 16.5. The van der Waals surface area contributed by atoms with Gasteiger partial charge < -0.3 is 20.2 Å². The minimum absolute atomic E-state index is 0.253. The molecule has 1 rings (SSSR count). The summed E-state index contributed by atoms with van der Waals surface area (Å²) in [7, 11) is 1.03. The highest BCUT2D eigenvalue weighted by molar-refractivity contribution is 5.91. The summed E-state index contributed by atoms with van der Waals surface area (Å²) in [5, 5.41) is 11.6. The largest absolute Gasteiger partial charge is 0.379 e. The smallest absolute Gasteiger partial charge is 0.355 e. The van der Waals surface area contributed by atoms with Crippen LogP contribution in [0.3, 0.4) is 0 Å². The molecule has 0 unspecified atom stereocenters. The fraction of sp³-hybridized carbons (Fsp3) is 0.615. The van der Waals surface area contributed by atoms with Crippen molar-refractivity contribution in [3.05, 3.63) is 12.7 Å². The molecule has 0 bridgehead atoms. The topological polar surface area (TPSA) is 90.0 Å². The highest BCUT2D eigenvalue weighted by Crippen LogP contribution is 2.36. The van der Waals surface area contributed by atoms with Crippen LogP contribution in [0.15, 0.2) is 12.7 Å². The molecule has 1 saturated heterocycles. The highest BCUT2D eigenvalue weighted by atomic mass is 19.3. The van der Waals surface area contributed by atoms with Crippen molar-refractivity contribution < 1.29 is 28.3 Å². The Morgan fingerprint density at radius 2 is 2.00 bits per heavy atom. The number of amides is 3. The number of halogens is 2. The van der Waals surface area contributed by atoms with Gasteiger partial charge in [-0.1, -0.05) is 6.58 Å². The summed E-state index contributed by atoms with van der Waals surface area (Å²) in [6, 6.07) is 0. The number of nitrogens with one attached hydrogen (secondary N) is 1. The molecular weight excluding hydrogens is 300 g/mol. The molecule has 124 valence electrons. The number of alkyl halides is 2. The second kappa shape index (κ2) is 6.39. The van der Waals surface area contributed by atoms with Crippen molar-refractivity contribution in [3.63, 3.8) is 0 Å². The van der Waals surface area contributed by atoms with E-state index in [-0.39, 0.29) is 13.1 Å². The van der Waals surface area contributed by atoms with Crippen LogP contribution >= 0.6 is 0 Å². The van der Waals surface area contributed by atoms with Gasteiger partial charge in [-0.15, -0.1) is 0 Å². The maximum atomic E-state index is 13.7. The summed E-state index contributed by atoms with van der Waals surface area (Å²) >= 11 is 0. The first-order valence-corrected chi connectivity index (χ1v) is 6.64. The molecule has 2 N–H and O–H groups in total. The molecule has 7 nitrogen and oxygen atoms in total. The third kappa shape index (κ3) is 3.08. The number of nitrogens with zero attached hydrogens (tertiary/aromatic N) is 2. The van der Waals surface area contributed by atoms with E-state index < -0.39 is 42.3 Å². The molecule has 22 heavy (non-hydrogen) atoms. The van der Waals surface area contributed by atoms with Gasteiger partial charge in [0.25, 0.3) is 5.91 Å². The SMILES string of the molecule is C=CC(=O)N(CC)CC(=O)N1CC(O)(C(F)(F)C(=O)NC)C1. The number of hydrogen-bond acceptors (Lipinski definition) is 4. The number of β-amino-alcohol motifs (C(OH)–C–C–N with tert-alkyl or cyclic N) is 1. The van der Waals surface area contributed by atoms with Crippen LogP contribution in [0.1, 0.15) is 6.92 Å². The molecule has 1 fully saturated rings. The van der Waals surface area contributed by atoms with Gasteiger partial charge in [0.2, 0.25) is 11.8 Å². The Hall–Kier alpha value is -2.03. The van der Waals surface area contributed by atoms with Crippen molar-refractivity contribution in [2.75, 3.05) is 33.2 Å². The molecular formula is C13H19F2N3O4. The third-order valence-electron chi connectivity index (χ3n) is 3.55. The number of rotatable bonds is 6. The highest BCUT2D eigenvalue weighted by Gasteiger charge is 2.64. The lowest BCUT2D eigenvalue weighted by atomic mass is 9.86. The zero-order chi connectivity index (χ0) is 17.1. The average molecular weight is 319 g/mol. The van der Waals surface area contributed by atoms with Crippen LogP contribution in [0.4, 0.5) is 8.78 Å². The quantitative estimate of drug-likeness (QED) is 0.613. The lowest BCUT2D eigenvalue weighted by molar-refractivity contribution is -0.233. The number of likely N-dealkylation sites (N-methyl/N-ethyl adjacent to an activating group) is 1. The second-order valence-electron chi connectivity index (χ2n) is 4.99. The van der Waals surface area contributed by atoms with Gasteiger partial charge in [0.15, 0.2) is 5.60 Å². The summed E-state index contributed by atoms with van der Waals surface area (Å²) in [6.07, 6.45) is 1.04. The van der Waals surface area contributed by atoms with Gasteiger partial charge in [0.1, 0.15) is 0 Å². The molecule has 0 aliphatic carbocycles. The average Bonchev–Trinajstić information content (AvgIpc) is 2.46. The molecule has 1 heterocycles. The summed E-state index contributed by atoms with van der Waals surface area (Å²) in [5.41, 5.74) is -2.59. The molecule has 1 aliphatic rings. The van der Waals surface area contributed by atoms with E-state index in [1.807, 2.05) is 0 Å². The van der Waals surface area contributed by atoms with E-state index in [1.54, 1.807) is 12.2 Å². The summed E-state index contributed by atoms with van der Waals surface area (Å²) < 4.78 is 27.4. The number of likely N-dealkylation sites (tertiary alicyclic amines) is 1. The minimum atomic E-state index is -4.00. The number of carbonyl (C=O) groups excluding carboxylic acids is 3. The fourth-order valence-corrected chi connectivity index (χ4v) is 2.07. The molecule has 0 atom stereocenters. The summed E-state index contributed by atoms with van der Waals surface area (Å²) in [4.78, 5) is 36.6. The van der Waals surface area contributed by atoms with Gasteiger partial charge in [0, 0.05) is 13.6 Å². The Labute approximate surface area is 126 Å². The zero-order valence-electron chi connectivity index (χ0n) is 12.4. The first-order chi connectivity index (χ1) is 10.1. The van der Waals surface area contributed by atoms with E-state index in [4.69, 9.17) is 0 Å².